The van der Waals surface area contributed by atoms with Crippen LogP contribution in [0, 0.1) is 0 Å². The summed E-state index contributed by atoms with van der Waals surface area (Å²) in [5, 5.41) is 0. The molecule has 0 fully saturated rings. The predicted molar refractivity (Wildman–Crippen MR) is 83.5 cm³/mol. The molecule has 0 unspecified atom stereocenters. The summed E-state index contributed by atoms with van der Waals surface area (Å²) in [7, 11) is 7.97. The van der Waals surface area contributed by atoms with E-state index in [1.807, 2.05) is 62.5 Å². The molecule has 0 aliphatic heterocycles. The van der Waals surface area contributed by atoms with Crippen LogP contribution in [0.1, 0.15) is 0 Å². The Labute approximate surface area is 135 Å². The fourth-order valence-electron chi connectivity index (χ4n) is 1.32. The Balaban J connectivity index is 2.05. The second-order valence-corrected chi connectivity index (χ2v) is 13.8. The van der Waals surface area contributed by atoms with Gasteiger partial charge in [0.05, 0.1) is 0 Å². The van der Waals surface area contributed by atoms with Crippen LogP contribution >= 0.6 is 0 Å². The molecule has 0 bridgehead atoms. The average Bonchev–Trinajstić information content (AvgIpc) is 2.45. The van der Waals surface area contributed by atoms with E-state index in [2.05, 4.69) is 19.9 Å². The molecule has 0 aromatic carbocycles. The van der Waals surface area contributed by atoms with Crippen LogP contribution in [-0.2, 0) is 0 Å². The first-order valence-corrected chi connectivity index (χ1v) is 15.6. The van der Waals surface area contributed by atoms with Crippen LogP contribution in [0.3, 0.4) is 0 Å². The van der Waals surface area contributed by atoms with Crippen molar-refractivity contribution in [3.63, 3.8) is 0 Å². The van der Waals surface area contributed by atoms with Crippen molar-refractivity contribution in [2.75, 3.05) is 38.0 Å². The van der Waals surface area contributed by atoms with Crippen molar-refractivity contribution in [1.82, 2.24) is 19.9 Å². The average molecular weight is 500 g/mol. The van der Waals surface area contributed by atoms with Crippen molar-refractivity contribution in [1.29, 1.82) is 0 Å². The Morgan fingerprint density at radius 1 is 0.750 bits per heavy atom. The summed E-state index contributed by atoms with van der Waals surface area (Å²) in [6, 6.07) is 3.86. The molecule has 0 radical (unpaired) electrons. The quantitative estimate of drug-likeness (QED) is 0.476. The maximum atomic E-state index is 4.58. The van der Waals surface area contributed by atoms with Crippen molar-refractivity contribution in [2.45, 2.75) is 0 Å². The zero-order chi connectivity index (χ0) is 14.5. The Hall–Kier alpha value is -0.661. The summed E-state index contributed by atoms with van der Waals surface area (Å²) in [4.78, 5) is 21.9. The second kappa shape index (κ2) is 7.38. The summed E-state index contributed by atoms with van der Waals surface area (Å²) in [6.07, 6.45) is 3.68. The third kappa shape index (κ3) is 4.43. The molecule has 106 valence electrons. The van der Waals surface area contributed by atoms with Gasteiger partial charge in [0.15, 0.2) is 0 Å². The van der Waals surface area contributed by atoms with Gasteiger partial charge in [0.1, 0.15) is 0 Å². The first-order chi connectivity index (χ1) is 9.56. The zero-order valence-corrected chi connectivity index (χ0v) is 16.5. The maximum absolute atomic E-state index is 4.58. The molecule has 20 heavy (non-hydrogen) atoms. The first-order valence-electron chi connectivity index (χ1n) is 5.91. The minimum absolute atomic E-state index is 0.381. The Kier molecular flexibility index (Phi) is 5.80. The molecule has 6 nitrogen and oxygen atoms in total. The molecule has 0 spiro atoms. The van der Waals surface area contributed by atoms with Crippen molar-refractivity contribution >= 4 is 53.5 Å². The van der Waals surface area contributed by atoms with E-state index in [4.69, 9.17) is 0 Å². The molecular formula is C12H16N6Te2. The minimum atomic E-state index is -0.381. The van der Waals surface area contributed by atoms with Gasteiger partial charge in [-0.3, -0.25) is 0 Å². The normalized spacial score (nSPS) is 10.4. The molecule has 0 saturated carbocycles. The predicted octanol–water partition coefficient (Wildman–Crippen LogP) is -1.33. The molecule has 0 amide bonds. The van der Waals surface area contributed by atoms with Crippen LogP contribution in [0.25, 0.3) is 0 Å². The molecule has 0 aliphatic carbocycles. The standard InChI is InChI=1S/C12H16N6Te2/c1-17(2)9-5-7-13-11(15-9)19-20-12-14-8-6-10(16-12)18(3)4/h5-8H,1-4H3. The van der Waals surface area contributed by atoms with Gasteiger partial charge in [-0.2, -0.15) is 0 Å². The summed E-state index contributed by atoms with van der Waals surface area (Å²) < 4.78 is 2.01. The summed E-state index contributed by atoms with van der Waals surface area (Å²) >= 11 is -0.762. The molecule has 0 aliphatic rings. The van der Waals surface area contributed by atoms with Crippen LogP contribution in [0.2, 0.25) is 0 Å². The number of hydrogen-bond acceptors (Lipinski definition) is 6. The molecular weight excluding hydrogens is 483 g/mol. The molecule has 8 heteroatoms. The number of rotatable bonds is 5. The molecule has 0 saturated heterocycles. The SMILES string of the molecule is CN(C)c1ccnc([Te][Te]c2nccc(N(C)C)n2)n1. The van der Waals surface area contributed by atoms with E-state index in [1.165, 1.54) is 0 Å². The molecule has 2 aromatic rings. The topological polar surface area (TPSA) is 58.0 Å². The van der Waals surface area contributed by atoms with Crippen molar-refractivity contribution in [2.24, 2.45) is 0 Å². The van der Waals surface area contributed by atoms with Gasteiger partial charge in [-0.1, -0.05) is 0 Å². The van der Waals surface area contributed by atoms with Gasteiger partial charge in [-0.25, -0.2) is 0 Å². The number of nitrogens with zero attached hydrogens (tertiary/aromatic N) is 6. The zero-order valence-electron chi connectivity index (χ0n) is 11.8. The molecule has 2 rings (SSSR count). The van der Waals surface area contributed by atoms with Crippen LogP contribution in [-0.4, -0.2) is 82.2 Å². The van der Waals surface area contributed by atoms with E-state index in [9.17, 15) is 0 Å². The van der Waals surface area contributed by atoms with E-state index in [0.29, 0.717) is 0 Å². The van der Waals surface area contributed by atoms with Gasteiger partial charge in [-0.15, -0.1) is 0 Å². The summed E-state index contributed by atoms with van der Waals surface area (Å²) in [5.41, 5.74) is 0. The van der Waals surface area contributed by atoms with Crippen LogP contribution in [0.5, 0.6) is 0 Å². The Morgan fingerprint density at radius 3 is 1.50 bits per heavy atom. The van der Waals surface area contributed by atoms with Crippen molar-refractivity contribution in [3.8, 4) is 0 Å². The van der Waals surface area contributed by atoms with Crippen LogP contribution < -0.4 is 17.5 Å². The van der Waals surface area contributed by atoms with Crippen LogP contribution in [0.4, 0.5) is 11.6 Å². The fourth-order valence-corrected chi connectivity index (χ4v) is 9.01. The van der Waals surface area contributed by atoms with Crippen molar-refractivity contribution < 1.29 is 0 Å². The monoisotopic (exact) mass is 504 g/mol. The third-order valence-electron chi connectivity index (χ3n) is 2.34. The number of anilines is 2. The Morgan fingerprint density at radius 2 is 1.15 bits per heavy atom. The molecule has 0 N–H and O–H groups in total. The van der Waals surface area contributed by atoms with E-state index in [1.54, 1.807) is 0 Å². The Bertz CT molecular complexity index is 524. The van der Waals surface area contributed by atoms with E-state index < -0.39 is 0 Å². The van der Waals surface area contributed by atoms with E-state index >= 15 is 0 Å². The van der Waals surface area contributed by atoms with E-state index in [-0.39, 0.29) is 34.1 Å². The van der Waals surface area contributed by atoms with Gasteiger partial charge in [0.2, 0.25) is 0 Å². The molecule has 2 heterocycles. The number of hydrogen-bond donors (Lipinski definition) is 0. The third-order valence-corrected chi connectivity index (χ3v) is 11.9. The molecule has 0 atom stereocenters. The van der Waals surface area contributed by atoms with Gasteiger partial charge in [0.25, 0.3) is 0 Å². The number of aromatic nitrogens is 4. The van der Waals surface area contributed by atoms with Gasteiger partial charge in [-0.05, 0) is 0 Å². The second-order valence-electron chi connectivity index (χ2n) is 4.35. The van der Waals surface area contributed by atoms with Gasteiger partial charge >= 0.3 is 136 Å². The summed E-state index contributed by atoms with van der Waals surface area (Å²) in [6.45, 7) is 0. The fraction of sp³-hybridized carbons (Fsp3) is 0.333. The first kappa shape index (κ1) is 15.7. The van der Waals surface area contributed by atoms with Crippen molar-refractivity contribution in [3.05, 3.63) is 24.5 Å². The van der Waals surface area contributed by atoms with Crippen LogP contribution in [0.15, 0.2) is 24.5 Å². The molecule has 2 aromatic heterocycles. The van der Waals surface area contributed by atoms with Gasteiger partial charge in [0, 0.05) is 0 Å². The van der Waals surface area contributed by atoms with E-state index in [0.717, 1.165) is 19.4 Å². The summed E-state index contributed by atoms with van der Waals surface area (Å²) in [5.74, 6) is 1.94. The van der Waals surface area contributed by atoms with Gasteiger partial charge < -0.3 is 0 Å².